The van der Waals surface area contributed by atoms with Crippen LogP contribution in [0.2, 0.25) is 0 Å². The smallest absolute Gasteiger partial charge is 0.496 e. The van der Waals surface area contributed by atoms with Crippen LogP contribution in [0, 0.1) is 6.92 Å². The van der Waals surface area contributed by atoms with Crippen LogP contribution in [0.25, 0.3) is 11.3 Å². The van der Waals surface area contributed by atoms with Crippen LogP contribution in [0.3, 0.4) is 0 Å². The minimum Gasteiger partial charge on any atom is -0.496 e. The van der Waals surface area contributed by atoms with Crippen LogP contribution >= 0.6 is 0 Å². The zero-order valence-corrected chi connectivity index (χ0v) is 16.5. The van der Waals surface area contributed by atoms with Crippen LogP contribution < -0.4 is 19.5 Å². The van der Waals surface area contributed by atoms with Gasteiger partial charge in [-0.1, -0.05) is 13.8 Å². The maximum Gasteiger partial charge on any atom is 0.573 e. The van der Waals surface area contributed by atoms with Gasteiger partial charge in [-0.15, -0.1) is 13.2 Å². The summed E-state index contributed by atoms with van der Waals surface area (Å²) < 4.78 is 52.0. The molecule has 0 saturated heterocycles. The molecule has 28 heavy (non-hydrogen) atoms. The number of anilines is 1. The number of nitrogens with one attached hydrogen (secondary N) is 1. The summed E-state index contributed by atoms with van der Waals surface area (Å²) in [5, 5.41) is 3.33. The van der Waals surface area contributed by atoms with E-state index in [4.69, 9.17) is 9.47 Å². The van der Waals surface area contributed by atoms with Crippen LogP contribution in [0.15, 0.2) is 18.2 Å². The van der Waals surface area contributed by atoms with E-state index in [2.05, 4.69) is 33.9 Å². The third kappa shape index (κ3) is 5.17. The van der Waals surface area contributed by atoms with Gasteiger partial charge >= 0.3 is 6.36 Å². The average molecular weight is 399 g/mol. The number of hydrogen-bond acceptors (Lipinski definition) is 6. The predicted octanol–water partition coefficient (Wildman–Crippen LogP) is 4.97. The monoisotopic (exact) mass is 399 g/mol. The van der Waals surface area contributed by atoms with Crippen molar-refractivity contribution in [3.8, 4) is 28.6 Å². The van der Waals surface area contributed by atoms with Gasteiger partial charge < -0.3 is 19.5 Å². The van der Waals surface area contributed by atoms with Crippen molar-refractivity contribution in [2.75, 3.05) is 19.5 Å². The number of benzene rings is 1. The molecule has 0 spiro atoms. The molecule has 0 aliphatic carbocycles. The average Bonchev–Trinajstić information content (AvgIpc) is 2.65. The Hall–Kier alpha value is -2.71. The van der Waals surface area contributed by atoms with Crippen molar-refractivity contribution in [2.45, 2.75) is 46.0 Å². The zero-order valence-electron chi connectivity index (χ0n) is 16.5. The van der Waals surface area contributed by atoms with Gasteiger partial charge in [0.25, 0.3) is 0 Å². The summed E-state index contributed by atoms with van der Waals surface area (Å²) in [6, 6.07) is 4.02. The van der Waals surface area contributed by atoms with Gasteiger partial charge in [-0.3, -0.25) is 0 Å². The summed E-state index contributed by atoms with van der Waals surface area (Å²) in [5.74, 6) is 0.616. The number of alkyl halides is 3. The van der Waals surface area contributed by atoms with Gasteiger partial charge in [-0.25, -0.2) is 4.98 Å². The molecule has 1 aromatic carbocycles. The van der Waals surface area contributed by atoms with Crippen molar-refractivity contribution < 1.29 is 27.4 Å². The molecule has 6 nitrogen and oxygen atoms in total. The molecular formula is C19H24F3N3O3. The highest BCUT2D eigenvalue weighted by molar-refractivity contribution is 5.73. The van der Waals surface area contributed by atoms with E-state index in [1.807, 2.05) is 0 Å². The standard InChI is InChI=1S/C19H24F3N3O3/c1-6-12(7-2)24-17-11(3)23-16(18(25-17)27-5)14-9-8-13(10-15(14)26-4)28-19(20,21)22/h8-10,12H,6-7H2,1-5H3,(H,24,25). The van der Waals surface area contributed by atoms with E-state index < -0.39 is 6.36 Å². The molecule has 1 aromatic heterocycles. The minimum absolute atomic E-state index is 0.162. The molecule has 1 N–H and O–H groups in total. The number of methoxy groups -OCH3 is 2. The van der Waals surface area contributed by atoms with Crippen molar-refractivity contribution >= 4 is 5.82 Å². The molecule has 0 aliphatic rings. The Balaban J connectivity index is 2.47. The first-order chi connectivity index (χ1) is 13.2. The number of aryl methyl sites for hydroxylation is 1. The van der Waals surface area contributed by atoms with Gasteiger partial charge in [-0.2, -0.15) is 4.98 Å². The topological polar surface area (TPSA) is 65.5 Å². The second-order valence-corrected chi connectivity index (χ2v) is 6.08. The van der Waals surface area contributed by atoms with Crippen molar-refractivity contribution in [3.05, 3.63) is 23.9 Å². The number of aromatic nitrogens is 2. The van der Waals surface area contributed by atoms with E-state index in [9.17, 15) is 13.2 Å². The quantitative estimate of drug-likeness (QED) is 0.676. The molecule has 0 atom stereocenters. The lowest BCUT2D eigenvalue weighted by Gasteiger charge is -2.19. The van der Waals surface area contributed by atoms with Gasteiger partial charge in [0.1, 0.15) is 17.2 Å². The van der Waals surface area contributed by atoms with E-state index >= 15 is 0 Å². The number of ether oxygens (including phenoxy) is 3. The Morgan fingerprint density at radius 3 is 2.29 bits per heavy atom. The fourth-order valence-electron chi connectivity index (χ4n) is 2.71. The zero-order chi connectivity index (χ0) is 20.9. The third-order valence-corrected chi connectivity index (χ3v) is 4.22. The van der Waals surface area contributed by atoms with Crippen molar-refractivity contribution in [1.82, 2.24) is 9.97 Å². The molecular weight excluding hydrogens is 375 g/mol. The van der Waals surface area contributed by atoms with Crippen LogP contribution in [-0.4, -0.2) is 36.6 Å². The highest BCUT2D eigenvalue weighted by atomic mass is 19.4. The Labute approximate surface area is 162 Å². The molecule has 9 heteroatoms. The SMILES string of the molecule is CCC(CC)Nc1nc(OC)c(-c2ccc(OC(F)(F)F)cc2OC)nc1C. The number of hydrogen-bond donors (Lipinski definition) is 1. The summed E-state index contributed by atoms with van der Waals surface area (Å²) in [7, 11) is 2.81. The third-order valence-electron chi connectivity index (χ3n) is 4.22. The van der Waals surface area contributed by atoms with Gasteiger partial charge in [0.15, 0.2) is 5.82 Å². The molecule has 0 aliphatic heterocycles. The maximum absolute atomic E-state index is 12.5. The fraction of sp³-hybridized carbons (Fsp3) is 0.474. The molecule has 2 rings (SSSR count). The number of nitrogens with zero attached hydrogens (tertiary/aromatic N) is 2. The molecule has 2 aromatic rings. The molecule has 0 fully saturated rings. The van der Waals surface area contributed by atoms with Crippen LogP contribution in [0.5, 0.6) is 17.4 Å². The minimum atomic E-state index is -4.79. The lowest BCUT2D eigenvalue weighted by atomic mass is 10.1. The van der Waals surface area contributed by atoms with Gasteiger partial charge in [-0.05, 0) is 31.9 Å². The molecule has 0 bridgehead atoms. The molecule has 154 valence electrons. The lowest BCUT2D eigenvalue weighted by Crippen LogP contribution is -2.19. The first kappa shape index (κ1) is 21.6. The predicted molar refractivity (Wildman–Crippen MR) is 100.0 cm³/mol. The van der Waals surface area contributed by atoms with Crippen LogP contribution in [-0.2, 0) is 0 Å². The van der Waals surface area contributed by atoms with Crippen LogP contribution in [0.4, 0.5) is 19.0 Å². The highest BCUT2D eigenvalue weighted by Crippen LogP contribution is 2.38. The largest absolute Gasteiger partial charge is 0.573 e. The number of rotatable bonds is 8. The summed E-state index contributed by atoms with van der Waals surface area (Å²) in [5.41, 5.74) is 1.45. The van der Waals surface area contributed by atoms with E-state index in [-0.39, 0.29) is 23.4 Å². The molecule has 1 heterocycles. The first-order valence-corrected chi connectivity index (χ1v) is 8.85. The number of halogens is 3. The Morgan fingerprint density at radius 1 is 1.07 bits per heavy atom. The van der Waals surface area contributed by atoms with Gasteiger partial charge in [0, 0.05) is 17.7 Å². The van der Waals surface area contributed by atoms with Gasteiger partial charge in [0.05, 0.1) is 19.9 Å². The van der Waals surface area contributed by atoms with Crippen molar-refractivity contribution in [2.24, 2.45) is 0 Å². The maximum atomic E-state index is 12.5. The van der Waals surface area contributed by atoms with E-state index in [1.165, 1.54) is 26.4 Å². The molecule has 0 saturated carbocycles. The Kier molecular flexibility index (Phi) is 6.93. The second-order valence-electron chi connectivity index (χ2n) is 6.08. The summed E-state index contributed by atoms with van der Waals surface area (Å²) in [4.78, 5) is 9.05. The summed E-state index contributed by atoms with van der Waals surface area (Å²) in [6.07, 6.45) is -2.94. The first-order valence-electron chi connectivity index (χ1n) is 8.85. The lowest BCUT2D eigenvalue weighted by molar-refractivity contribution is -0.274. The molecule has 0 amide bonds. The fourth-order valence-corrected chi connectivity index (χ4v) is 2.71. The second kappa shape index (κ2) is 8.99. The van der Waals surface area contributed by atoms with E-state index in [0.717, 1.165) is 18.9 Å². The van der Waals surface area contributed by atoms with E-state index in [1.54, 1.807) is 6.92 Å². The highest BCUT2D eigenvalue weighted by Gasteiger charge is 2.31. The van der Waals surface area contributed by atoms with Crippen molar-refractivity contribution in [3.63, 3.8) is 0 Å². The Bertz CT molecular complexity index is 809. The van der Waals surface area contributed by atoms with Crippen molar-refractivity contribution in [1.29, 1.82) is 0 Å². The normalized spacial score (nSPS) is 11.5. The van der Waals surface area contributed by atoms with E-state index in [0.29, 0.717) is 22.8 Å². The molecule has 0 unspecified atom stereocenters. The van der Waals surface area contributed by atoms with Crippen LogP contribution in [0.1, 0.15) is 32.4 Å². The summed E-state index contributed by atoms with van der Waals surface area (Å²) in [6.45, 7) is 5.95. The summed E-state index contributed by atoms with van der Waals surface area (Å²) >= 11 is 0. The Morgan fingerprint density at radius 2 is 1.75 bits per heavy atom. The molecule has 0 radical (unpaired) electrons. The van der Waals surface area contributed by atoms with Gasteiger partial charge in [0.2, 0.25) is 5.88 Å².